The fourth-order valence-corrected chi connectivity index (χ4v) is 3.22. The van der Waals surface area contributed by atoms with E-state index < -0.39 is 5.97 Å². The van der Waals surface area contributed by atoms with Crippen molar-refractivity contribution in [3.63, 3.8) is 0 Å². The predicted molar refractivity (Wildman–Crippen MR) is 96.3 cm³/mol. The molecule has 2 aromatic heterocycles. The molecule has 0 saturated heterocycles. The summed E-state index contributed by atoms with van der Waals surface area (Å²) in [4.78, 5) is 12.4. The van der Waals surface area contributed by atoms with Gasteiger partial charge in [-0.3, -0.25) is 4.68 Å². The first kappa shape index (κ1) is 17.8. The van der Waals surface area contributed by atoms with E-state index in [9.17, 15) is 4.79 Å². The van der Waals surface area contributed by atoms with Gasteiger partial charge in [0.15, 0.2) is 0 Å². The second kappa shape index (κ2) is 7.51. The van der Waals surface area contributed by atoms with Crippen LogP contribution in [0.15, 0.2) is 24.3 Å². The molecule has 0 fully saturated rings. The van der Waals surface area contributed by atoms with Crippen LogP contribution in [0.2, 0.25) is 9.36 Å². The normalized spacial score (nSPS) is 10.9. The zero-order valence-corrected chi connectivity index (χ0v) is 15.8. The lowest BCUT2D eigenvalue weighted by Gasteiger charge is -2.07. The third-order valence-corrected chi connectivity index (χ3v) is 5.07. The summed E-state index contributed by atoms with van der Waals surface area (Å²) in [6.07, 6.45) is 0. The number of aromatic nitrogens is 4. The fourth-order valence-electron chi connectivity index (χ4n) is 2.42. The molecule has 0 unspecified atom stereocenters. The maximum Gasteiger partial charge on any atom is 0.342 e. The van der Waals surface area contributed by atoms with E-state index in [0.29, 0.717) is 38.5 Å². The molecule has 0 saturated carbocycles. The van der Waals surface area contributed by atoms with Crippen LogP contribution in [0.5, 0.6) is 0 Å². The van der Waals surface area contributed by atoms with Crippen molar-refractivity contribution in [1.29, 1.82) is 0 Å². The first-order valence-electron chi connectivity index (χ1n) is 7.38. The fraction of sp³-hybridized carbons (Fsp3) is 0.250. The first-order valence-corrected chi connectivity index (χ1v) is 8.91. The van der Waals surface area contributed by atoms with Gasteiger partial charge in [-0.1, -0.05) is 45.9 Å². The number of esters is 1. The molecule has 3 rings (SSSR count). The maximum atomic E-state index is 12.4. The van der Waals surface area contributed by atoms with Gasteiger partial charge in [0.2, 0.25) is 0 Å². The predicted octanol–water partition coefficient (Wildman–Crippen LogP) is 4.06. The van der Waals surface area contributed by atoms with Crippen molar-refractivity contribution in [2.45, 2.75) is 27.0 Å². The van der Waals surface area contributed by atoms with Gasteiger partial charge in [0.1, 0.15) is 22.2 Å². The molecule has 0 aliphatic carbocycles. The highest BCUT2D eigenvalue weighted by molar-refractivity contribution is 7.10. The lowest BCUT2D eigenvalue weighted by molar-refractivity contribution is 0.0466. The van der Waals surface area contributed by atoms with Gasteiger partial charge in [-0.15, -0.1) is 5.10 Å². The van der Waals surface area contributed by atoms with E-state index in [1.165, 1.54) is 0 Å². The smallest absolute Gasteiger partial charge is 0.342 e. The molecule has 130 valence electrons. The zero-order valence-electron chi connectivity index (χ0n) is 13.5. The van der Waals surface area contributed by atoms with E-state index in [1.54, 1.807) is 11.6 Å². The van der Waals surface area contributed by atoms with Crippen LogP contribution in [0.3, 0.4) is 0 Å². The topological polar surface area (TPSA) is 69.9 Å². The van der Waals surface area contributed by atoms with E-state index in [2.05, 4.69) is 14.7 Å². The molecule has 0 aliphatic rings. The minimum atomic E-state index is -0.468. The van der Waals surface area contributed by atoms with Crippen molar-refractivity contribution >= 4 is 40.7 Å². The first-order chi connectivity index (χ1) is 12.0. The largest absolute Gasteiger partial charge is 0.455 e. The van der Waals surface area contributed by atoms with E-state index in [1.807, 2.05) is 31.2 Å². The average Bonchev–Trinajstić information content (AvgIpc) is 3.10. The van der Waals surface area contributed by atoms with E-state index in [0.717, 1.165) is 17.1 Å². The maximum absolute atomic E-state index is 12.4. The number of halogens is 2. The molecule has 25 heavy (non-hydrogen) atoms. The van der Waals surface area contributed by atoms with Crippen LogP contribution >= 0.6 is 34.7 Å². The summed E-state index contributed by atoms with van der Waals surface area (Å²) < 4.78 is 11.2. The summed E-state index contributed by atoms with van der Waals surface area (Å²) in [5.74, 6) is -0.468. The minimum Gasteiger partial charge on any atom is -0.455 e. The standard InChI is InChI=1S/C16H14Cl2N4O2S/c1-9-14(16(23)24-8-13-15(18)25-21-19-13)10(2)22(20-9)7-11-5-3-4-6-12(11)17/h3-6H,7-8H2,1-2H3. The lowest BCUT2D eigenvalue weighted by Crippen LogP contribution is -2.09. The number of nitrogens with zero attached hydrogens (tertiary/aromatic N) is 4. The van der Waals surface area contributed by atoms with Gasteiger partial charge in [-0.05, 0) is 25.5 Å². The van der Waals surface area contributed by atoms with Gasteiger partial charge in [0, 0.05) is 16.6 Å². The summed E-state index contributed by atoms with van der Waals surface area (Å²) >= 11 is 13.2. The molecular weight excluding hydrogens is 383 g/mol. The Morgan fingerprint density at radius 2 is 2.04 bits per heavy atom. The van der Waals surface area contributed by atoms with Gasteiger partial charge >= 0.3 is 5.97 Å². The third kappa shape index (κ3) is 3.84. The van der Waals surface area contributed by atoms with Crippen molar-refractivity contribution in [3.05, 3.63) is 61.8 Å². The molecule has 0 bridgehead atoms. The molecule has 0 aliphatic heterocycles. The van der Waals surface area contributed by atoms with Gasteiger partial charge < -0.3 is 4.74 Å². The molecule has 1 aromatic carbocycles. The van der Waals surface area contributed by atoms with Crippen molar-refractivity contribution in [1.82, 2.24) is 19.4 Å². The van der Waals surface area contributed by atoms with E-state index in [-0.39, 0.29) is 6.61 Å². The van der Waals surface area contributed by atoms with Gasteiger partial charge in [0.05, 0.1) is 17.9 Å². The Labute approximate surface area is 158 Å². The molecular formula is C16H14Cl2N4O2S. The Morgan fingerprint density at radius 1 is 1.28 bits per heavy atom. The highest BCUT2D eigenvalue weighted by Gasteiger charge is 2.21. The Morgan fingerprint density at radius 3 is 2.72 bits per heavy atom. The second-order valence-electron chi connectivity index (χ2n) is 5.36. The molecule has 6 nitrogen and oxygen atoms in total. The van der Waals surface area contributed by atoms with Crippen LogP contribution < -0.4 is 0 Å². The number of hydrogen-bond donors (Lipinski definition) is 0. The van der Waals surface area contributed by atoms with Crippen LogP contribution in [-0.4, -0.2) is 25.3 Å². The molecule has 0 atom stereocenters. The number of hydrogen-bond acceptors (Lipinski definition) is 6. The summed E-state index contributed by atoms with van der Waals surface area (Å²) in [6, 6.07) is 7.53. The number of carbonyl (C=O) groups excluding carboxylic acids is 1. The third-order valence-electron chi connectivity index (χ3n) is 3.71. The van der Waals surface area contributed by atoms with Gasteiger partial charge in [0.25, 0.3) is 0 Å². The molecule has 9 heteroatoms. The SMILES string of the molecule is Cc1nn(Cc2ccccc2Cl)c(C)c1C(=O)OCc1nnsc1Cl. The monoisotopic (exact) mass is 396 g/mol. The Hall–Kier alpha value is -1.96. The van der Waals surface area contributed by atoms with Crippen LogP contribution in [0.25, 0.3) is 0 Å². The molecule has 0 N–H and O–H groups in total. The summed E-state index contributed by atoms with van der Waals surface area (Å²) in [5, 5.41) is 8.91. The lowest BCUT2D eigenvalue weighted by atomic mass is 10.2. The number of aryl methyl sites for hydroxylation is 1. The molecule has 3 aromatic rings. The minimum absolute atomic E-state index is 0.0251. The quantitative estimate of drug-likeness (QED) is 0.608. The average molecular weight is 397 g/mol. The summed E-state index contributed by atoms with van der Waals surface area (Å²) in [6.45, 7) is 4.04. The molecule has 0 radical (unpaired) electrons. The molecule has 0 amide bonds. The number of carbonyl (C=O) groups is 1. The number of benzene rings is 1. The number of ether oxygens (including phenoxy) is 1. The van der Waals surface area contributed by atoms with Crippen molar-refractivity contribution < 1.29 is 9.53 Å². The van der Waals surface area contributed by atoms with E-state index >= 15 is 0 Å². The Balaban J connectivity index is 1.78. The van der Waals surface area contributed by atoms with E-state index in [4.69, 9.17) is 27.9 Å². The van der Waals surface area contributed by atoms with Crippen LogP contribution in [-0.2, 0) is 17.9 Å². The Bertz CT molecular complexity index is 923. The summed E-state index contributed by atoms with van der Waals surface area (Å²) in [5.41, 5.74) is 3.11. The highest BCUT2D eigenvalue weighted by atomic mass is 35.5. The Kier molecular flexibility index (Phi) is 5.36. The van der Waals surface area contributed by atoms with Crippen molar-refractivity contribution in [2.24, 2.45) is 0 Å². The number of rotatable bonds is 5. The zero-order chi connectivity index (χ0) is 18.0. The van der Waals surface area contributed by atoms with Crippen LogP contribution in [0.1, 0.15) is 33.0 Å². The van der Waals surface area contributed by atoms with Crippen molar-refractivity contribution in [3.8, 4) is 0 Å². The molecule has 0 spiro atoms. The van der Waals surface area contributed by atoms with Gasteiger partial charge in [-0.2, -0.15) is 5.10 Å². The van der Waals surface area contributed by atoms with Gasteiger partial charge in [-0.25, -0.2) is 4.79 Å². The molecule has 2 heterocycles. The van der Waals surface area contributed by atoms with Crippen LogP contribution in [0, 0.1) is 13.8 Å². The highest BCUT2D eigenvalue weighted by Crippen LogP contribution is 2.22. The summed E-state index contributed by atoms with van der Waals surface area (Å²) in [7, 11) is 0. The van der Waals surface area contributed by atoms with Crippen LogP contribution in [0.4, 0.5) is 0 Å². The second-order valence-corrected chi connectivity index (χ2v) is 7.13. The van der Waals surface area contributed by atoms with Crippen molar-refractivity contribution in [2.75, 3.05) is 0 Å².